The van der Waals surface area contributed by atoms with Crippen LogP contribution in [0.2, 0.25) is 0 Å². The lowest BCUT2D eigenvalue weighted by atomic mass is 10.2. The predicted octanol–water partition coefficient (Wildman–Crippen LogP) is 3.73. The van der Waals surface area contributed by atoms with E-state index in [4.69, 9.17) is 0 Å². The second kappa shape index (κ2) is 6.06. The highest BCUT2D eigenvalue weighted by Gasteiger charge is 2.09. The molecule has 1 aromatic carbocycles. The number of H-pyrrole nitrogens is 1. The van der Waals surface area contributed by atoms with Gasteiger partial charge in [0.05, 0.1) is 9.80 Å². The van der Waals surface area contributed by atoms with Gasteiger partial charge < -0.3 is 0 Å². The molecule has 0 spiro atoms. The van der Waals surface area contributed by atoms with Gasteiger partial charge in [0.15, 0.2) is 5.82 Å². The SMILES string of the molecule is O=[N+]([O-])c1cccc(CSc2n[nH]c(-c3cccs3)n2)c1. The predicted molar refractivity (Wildman–Crippen MR) is 82.4 cm³/mol. The van der Waals surface area contributed by atoms with Crippen LogP contribution < -0.4 is 0 Å². The number of nitrogens with zero attached hydrogens (tertiary/aromatic N) is 3. The van der Waals surface area contributed by atoms with Crippen LogP contribution in [0.5, 0.6) is 0 Å². The second-order valence-electron chi connectivity index (χ2n) is 4.16. The Balaban J connectivity index is 1.68. The molecule has 3 aromatic rings. The van der Waals surface area contributed by atoms with Crippen molar-refractivity contribution in [3.8, 4) is 10.7 Å². The highest BCUT2D eigenvalue weighted by Crippen LogP contribution is 2.25. The van der Waals surface area contributed by atoms with Crippen LogP contribution in [0.3, 0.4) is 0 Å². The molecule has 0 saturated heterocycles. The molecule has 0 fully saturated rings. The highest BCUT2D eigenvalue weighted by atomic mass is 32.2. The lowest BCUT2D eigenvalue weighted by Gasteiger charge is -1.98. The van der Waals surface area contributed by atoms with E-state index in [0.717, 1.165) is 16.3 Å². The van der Waals surface area contributed by atoms with Crippen molar-refractivity contribution in [1.29, 1.82) is 0 Å². The highest BCUT2D eigenvalue weighted by molar-refractivity contribution is 7.98. The van der Waals surface area contributed by atoms with E-state index in [0.29, 0.717) is 10.9 Å². The first kappa shape index (κ1) is 13.8. The van der Waals surface area contributed by atoms with Gasteiger partial charge in [-0.15, -0.1) is 16.4 Å². The third-order valence-corrected chi connectivity index (χ3v) is 4.50. The molecular weight excluding hydrogens is 308 g/mol. The quantitative estimate of drug-likeness (QED) is 0.440. The summed E-state index contributed by atoms with van der Waals surface area (Å²) in [6.45, 7) is 0. The van der Waals surface area contributed by atoms with Crippen molar-refractivity contribution in [2.75, 3.05) is 0 Å². The number of nitro benzene ring substituents is 1. The van der Waals surface area contributed by atoms with Gasteiger partial charge in [-0.25, -0.2) is 4.98 Å². The fourth-order valence-electron chi connectivity index (χ4n) is 1.74. The zero-order chi connectivity index (χ0) is 14.7. The van der Waals surface area contributed by atoms with Crippen LogP contribution in [-0.2, 0) is 5.75 Å². The van der Waals surface area contributed by atoms with E-state index in [-0.39, 0.29) is 5.69 Å². The van der Waals surface area contributed by atoms with Crippen LogP contribution in [0, 0.1) is 10.1 Å². The molecule has 8 heteroatoms. The number of aromatic nitrogens is 3. The Kier molecular flexibility index (Phi) is 3.98. The van der Waals surface area contributed by atoms with Crippen molar-refractivity contribution in [3.05, 3.63) is 57.5 Å². The first-order valence-electron chi connectivity index (χ1n) is 6.05. The maximum atomic E-state index is 10.7. The molecule has 0 aliphatic carbocycles. The van der Waals surface area contributed by atoms with Crippen molar-refractivity contribution in [2.24, 2.45) is 0 Å². The number of nitrogens with one attached hydrogen (secondary N) is 1. The summed E-state index contributed by atoms with van der Waals surface area (Å²) in [4.78, 5) is 15.8. The molecule has 1 N–H and O–H groups in total. The van der Waals surface area contributed by atoms with Crippen molar-refractivity contribution < 1.29 is 4.92 Å². The number of aromatic amines is 1. The van der Waals surface area contributed by atoms with Gasteiger partial charge in [-0.1, -0.05) is 30.0 Å². The van der Waals surface area contributed by atoms with Crippen LogP contribution in [0.15, 0.2) is 46.9 Å². The number of thioether (sulfide) groups is 1. The van der Waals surface area contributed by atoms with Gasteiger partial charge in [0.1, 0.15) is 0 Å². The number of benzene rings is 1. The molecule has 0 atom stereocenters. The standard InChI is InChI=1S/C13H10N4O2S2/c18-17(19)10-4-1-3-9(7-10)8-21-13-14-12(15-16-13)11-5-2-6-20-11/h1-7H,8H2,(H,14,15,16). The second-order valence-corrected chi connectivity index (χ2v) is 6.05. The minimum absolute atomic E-state index is 0.0994. The van der Waals surface area contributed by atoms with Crippen molar-refractivity contribution >= 4 is 28.8 Å². The molecule has 0 aliphatic heterocycles. The van der Waals surface area contributed by atoms with E-state index in [2.05, 4.69) is 15.2 Å². The van der Waals surface area contributed by atoms with Crippen LogP contribution in [-0.4, -0.2) is 20.1 Å². The summed E-state index contributed by atoms with van der Waals surface area (Å²) in [5.74, 6) is 1.33. The lowest BCUT2D eigenvalue weighted by Crippen LogP contribution is -1.89. The Morgan fingerprint density at radius 1 is 1.33 bits per heavy atom. The molecule has 0 aliphatic rings. The van der Waals surface area contributed by atoms with Crippen LogP contribution in [0.1, 0.15) is 5.56 Å². The van der Waals surface area contributed by atoms with Gasteiger partial charge in [-0.2, -0.15) is 0 Å². The van der Waals surface area contributed by atoms with E-state index < -0.39 is 4.92 Å². The normalized spacial score (nSPS) is 10.7. The van der Waals surface area contributed by atoms with Gasteiger partial charge in [-0.05, 0) is 17.0 Å². The van der Waals surface area contributed by atoms with Gasteiger partial charge in [-0.3, -0.25) is 15.2 Å². The number of non-ortho nitro benzene ring substituents is 1. The molecule has 0 radical (unpaired) electrons. The number of hydrogen-bond acceptors (Lipinski definition) is 6. The van der Waals surface area contributed by atoms with E-state index in [1.165, 1.54) is 17.8 Å². The largest absolute Gasteiger partial charge is 0.269 e. The van der Waals surface area contributed by atoms with Crippen molar-refractivity contribution in [2.45, 2.75) is 10.9 Å². The van der Waals surface area contributed by atoms with Crippen LogP contribution >= 0.6 is 23.1 Å². The molecule has 0 bridgehead atoms. The Morgan fingerprint density at radius 3 is 3.00 bits per heavy atom. The maximum absolute atomic E-state index is 10.7. The average Bonchev–Trinajstić information content (AvgIpc) is 3.16. The Hall–Kier alpha value is -2.19. The molecule has 2 aromatic heterocycles. The Bertz CT molecular complexity index is 755. The summed E-state index contributed by atoms with van der Waals surface area (Å²) in [5.41, 5.74) is 0.971. The van der Waals surface area contributed by atoms with E-state index >= 15 is 0 Å². The lowest BCUT2D eigenvalue weighted by molar-refractivity contribution is -0.384. The molecule has 3 rings (SSSR count). The molecule has 0 saturated carbocycles. The fourth-order valence-corrected chi connectivity index (χ4v) is 3.15. The minimum Gasteiger partial charge on any atom is -0.258 e. The molecule has 6 nitrogen and oxygen atoms in total. The zero-order valence-corrected chi connectivity index (χ0v) is 12.4. The summed E-state index contributed by atoms with van der Waals surface area (Å²) in [6, 6.07) is 10.5. The molecule has 2 heterocycles. The number of hydrogen-bond donors (Lipinski definition) is 1. The fraction of sp³-hybridized carbons (Fsp3) is 0.0769. The van der Waals surface area contributed by atoms with Crippen LogP contribution in [0.25, 0.3) is 10.7 Å². The first-order chi connectivity index (χ1) is 10.2. The number of thiophene rings is 1. The summed E-state index contributed by atoms with van der Waals surface area (Å²) >= 11 is 3.03. The minimum atomic E-state index is -0.393. The molecule has 21 heavy (non-hydrogen) atoms. The average molecular weight is 318 g/mol. The number of nitro groups is 1. The van der Waals surface area contributed by atoms with Gasteiger partial charge in [0.25, 0.3) is 5.69 Å². The molecular formula is C13H10N4O2S2. The summed E-state index contributed by atoms with van der Waals surface area (Å²) < 4.78 is 0. The first-order valence-corrected chi connectivity index (χ1v) is 7.91. The topological polar surface area (TPSA) is 84.7 Å². The zero-order valence-electron chi connectivity index (χ0n) is 10.7. The van der Waals surface area contributed by atoms with Gasteiger partial charge in [0.2, 0.25) is 5.16 Å². The van der Waals surface area contributed by atoms with E-state index in [1.807, 2.05) is 23.6 Å². The maximum Gasteiger partial charge on any atom is 0.269 e. The van der Waals surface area contributed by atoms with E-state index in [1.54, 1.807) is 23.5 Å². The summed E-state index contributed by atoms with van der Waals surface area (Å²) in [5, 5.41) is 20.4. The molecule has 0 amide bonds. The van der Waals surface area contributed by atoms with E-state index in [9.17, 15) is 10.1 Å². The Labute approximate surface area is 128 Å². The third kappa shape index (κ3) is 3.29. The van der Waals surface area contributed by atoms with Crippen molar-refractivity contribution in [1.82, 2.24) is 15.2 Å². The third-order valence-electron chi connectivity index (χ3n) is 2.71. The van der Waals surface area contributed by atoms with Crippen LogP contribution in [0.4, 0.5) is 5.69 Å². The van der Waals surface area contributed by atoms with Gasteiger partial charge >= 0.3 is 0 Å². The summed E-state index contributed by atoms with van der Waals surface area (Å²) in [7, 11) is 0. The smallest absolute Gasteiger partial charge is 0.258 e. The molecule has 106 valence electrons. The summed E-state index contributed by atoms with van der Waals surface area (Å²) in [6.07, 6.45) is 0. The number of rotatable bonds is 5. The molecule has 0 unspecified atom stereocenters. The van der Waals surface area contributed by atoms with Gasteiger partial charge in [0, 0.05) is 17.9 Å². The Morgan fingerprint density at radius 2 is 2.24 bits per heavy atom. The monoisotopic (exact) mass is 318 g/mol. The van der Waals surface area contributed by atoms with Crippen molar-refractivity contribution in [3.63, 3.8) is 0 Å².